The summed E-state index contributed by atoms with van der Waals surface area (Å²) in [7, 11) is 1.88. The zero-order valence-corrected chi connectivity index (χ0v) is 17.6. The van der Waals surface area contributed by atoms with Crippen molar-refractivity contribution in [3.63, 3.8) is 0 Å². The van der Waals surface area contributed by atoms with E-state index in [-0.39, 0.29) is 23.3 Å². The van der Waals surface area contributed by atoms with E-state index in [2.05, 4.69) is 25.3 Å². The molecule has 0 unspecified atom stereocenters. The molecule has 1 N–H and O–H groups in total. The molecule has 1 amide bonds. The smallest absolute Gasteiger partial charge is 0.251 e. The first-order valence-corrected chi connectivity index (χ1v) is 10.5. The van der Waals surface area contributed by atoms with Crippen molar-refractivity contribution in [2.45, 2.75) is 31.8 Å². The lowest BCUT2D eigenvalue weighted by molar-refractivity contribution is -0.127. The highest BCUT2D eigenvalue weighted by atomic mass is 16.2. The SMILES string of the molecule is Cc1c(CNC(=O)[C@H]2[C@H]3C[C@H](CN(c4cnccn4)C3)c3cccc(=O)n32)cnn1C. The second-order valence-electron chi connectivity index (χ2n) is 8.36. The number of piperidine rings is 1. The van der Waals surface area contributed by atoms with Crippen LogP contribution in [-0.2, 0) is 18.4 Å². The maximum atomic E-state index is 13.4. The quantitative estimate of drug-likeness (QED) is 0.682. The fourth-order valence-electron chi connectivity index (χ4n) is 4.92. The minimum absolute atomic E-state index is 0.00310. The molecular weight excluding hydrogens is 394 g/mol. The van der Waals surface area contributed by atoms with Crippen LogP contribution < -0.4 is 15.8 Å². The minimum Gasteiger partial charge on any atom is -0.354 e. The lowest BCUT2D eigenvalue weighted by atomic mass is 9.78. The van der Waals surface area contributed by atoms with E-state index < -0.39 is 6.04 Å². The molecule has 2 aliphatic rings. The predicted molar refractivity (Wildman–Crippen MR) is 115 cm³/mol. The molecular formula is C22H25N7O2. The number of aromatic nitrogens is 5. The van der Waals surface area contributed by atoms with Crippen LogP contribution in [0.25, 0.3) is 0 Å². The molecule has 3 aromatic rings. The largest absolute Gasteiger partial charge is 0.354 e. The van der Waals surface area contributed by atoms with Crippen LogP contribution in [0.3, 0.4) is 0 Å². The zero-order chi connectivity index (χ0) is 21.5. The van der Waals surface area contributed by atoms with Crippen LogP contribution in [0.2, 0.25) is 0 Å². The molecule has 1 saturated heterocycles. The molecule has 0 aliphatic carbocycles. The maximum absolute atomic E-state index is 13.4. The van der Waals surface area contributed by atoms with Crippen LogP contribution in [0.4, 0.5) is 5.82 Å². The highest BCUT2D eigenvalue weighted by molar-refractivity contribution is 5.81. The third-order valence-corrected chi connectivity index (χ3v) is 6.58. The second kappa shape index (κ2) is 7.64. The van der Waals surface area contributed by atoms with Crippen molar-refractivity contribution in [1.29, 1.82) is 0 Å². The van der Waals surface area contributed by atoms with Gasteiger partial charge in [0.05, 0.1) is 12.4 Å². The molecule has 0 aromatic carbocycles. The van der Waals surface area contributed by atoms with Crippen LogP contribution in [-0.4, -0.2) is 43.3 Å². The van der Waals surface area contributed by atoms with E-state index >= 15 is 0 Å². The third-order valence-electron chi connectivity index (χ3n) is 6.58. The number of nitrogens with zero attached hydrogens (tertiary/aromatic N) is 6. The van der Waals surface area contributed by atoms with Gasteiger partial charge in [-0.15, -0.1) is 0 Å². The molecule has 3 aromatic heterocycles. The molecule has 1 fully saturated rings. The van der Waals surface area contributed by atoms with Crippen molar-refractivity contribution in [3.8, 4) is 0 Å². The number of nitrogens with one attached hydrogen (secondary N) is 1. The van der Waals surface area contributed by atoms with Gasteiger partial charge in [0.15, 0.2) is 0 Å². The standard InChI is InChI=1S/C22H25N7O2/c1-14-17(10-26-27(14)2)9-25-22(31)21-16-8-15(18-4-3-5-20(30)29(18)21)12-28(13-16)19-11-23-6-7-24-19/h3-7,10-11,15-16,21H,8-9,12-13H2,1-2H3,(H,25,31)/t15-,16+,21-/m1/s1. The van der Waals surface area contributed by atoms with E-state index in [0.717, 1.165) is 35.7 Å². The number of anilines is 1. The summed E-state index contributed by atoms with van der Waals surface area (Å²) in [5.41, 5.74) is 2.76. The summed E-state index contributed by atoms with van der Waals surface area (Å²) in [6.45, 7) is 3.76. The van der Waals surface area contributed by atoms with Crippen LogP contribution >= 0.6 is 0 Å². The van der Waals surface area contributed by atoms with E-state index in [1.54, 1.807) is 40.1 Å². The summed E-state index contributed by atoms with van der Waals surface area (Å²) in [5, 5.41) is 7.29. The van der Waals surface area contributed by atoms with Gasteiger partial charge < -0.3 is 10.2 Å². The van der Waals surface area contributed by atoms with Crippen LogP contribution in [0, 0.1) is 12.8 Å². The molecule has 0 radical (unpaired) electrons. The van der Waals surface area contributed by atoms with E-state index in [4.69, 9.17) is 0 Å². The summed E-state index contributed by atoms with van der Waals surface area (Å²) in [5.74, 6) is 0.832. The second-order valence-corrected chi connectivity index (χ2v) is 8.36. The van der Waals surface area contributed by atoms with Crippen molar-refractivity contribution in [2.24, 2.45) is 13.0 Å². The number of amides is 1. The number of carbonyl (C=O) groups is 1. The van der Waals surface area contributed by atoms with Crippen molar-refractivity contribution in [3.05, 3.63) is 70.3 Å². The van der Waals surface area contributed by atoms with Gasteiger partial charge in [-0.05, 0) is 19.4 Å². The summed E-state index contributed by atoms with van der Waals surface area (Å²) in [6, 6.07) is 4.73. The lowest BCUT2D eigenvalue weighted by Crippen LogP contribution is -2.53. The molecule has 5 heterocycles. The zero-order valence-electron chi connectivity index (χ0n) is 17.6. The van der Waals surface area contributed by atoms with Gasteiger partial charge in [-0.3, -0.25) is 23.8 Å². The average Bonchev–Trinajstić information content (AvgIpc) is 3.11. The molecule has 5 rings (SSSR count). The number of hydrogen-bond acceptors (Lipinski definition) is 6. The Balaban J connectivity index is 1.47. The lowest BCUT2D eigenvalue weighted by Gasteiger charge is -2.46. The number of aryl methyl sites for hydroxylation is 1. The molecule has 160 valence electrons. The first-order valence-electron chi connectivity index (χ1n) is 10.5. The Kier molecular flexibility index (Phi) is 4.80. The molecule has 9 nitrogen and oxygen atoms in total. The van der Waals surface area contributed by atoms with Gasteiger partial charge in [0.1, 0.15) is 11.9 Å². The molecule has 0 spiro atoms. The third kappa shape index (κ3) is 3.39. The summed E-state index contributed by atoms with van der Waals surface area (Å²) < 4.78 is 3.49. The summed E-state index contributed by atoms with van der Waals surface area (Å²) in [4.78, 5) is 37.0. The van der Waals surface area contributed by atoms with Crippen LogP contribution in [0.15, 0.2) is 47.8 Å². The molecule has 3 atom stereocenters. The Hall–Kier alpha value is -3.49. The van der Waals surface area contributed by atoms with Crippen LogP contribution in [0.1, 0.15) is 35.3 Å². The number of hydrogen-bond donors (Lipinski definition) is 1. The van der Waals surface area contributed by atoms with Gasteiger partial charge in [-0.25, -0.2) is 4.98 Å². The predicted octanol–water partition coefficient (Wildman–Crippen LogP) is 1.16. The summed E-state index contributed by atoms with van der Waals surface area (Å²) in [6.07, 6.45) is 7.71. The number of rotatable bonds is 4. The molecule has 31 heavy (non-hydrogen) atoms. The Labute approximate surface area is 179 Å². The average molecular weight is 419 g/mol. The van der Waals surface area contributed by atoms with E-state index in [9.17, 15) is 9.59 Å². The van der Waals surface area contributed by atoms with Crippen LogP contribution in [0.5, 0.6) is 0 Å². The monoisotopic (exact) mass is 419 g/mol. The Morgan fingerprint density at radius 1 is 1.23 bits per heavy atom. The number of carbonyl (C=O) groups excluding carboxylic acids is 1. The van der Waals surface area contributed by atoms with Crippen molar-refractivity contribution in [2.75, 3.05) is 18.0 Å². The van der Waals surface area contributed by atoms with Gasteiger partial charge in [0, 0.05) is 73.9 Å². The van der Waals surface area contributed by atoms with Gasteiger partial charge >= 0.3 is 0 Å². The summed E-state index contributed by atoms with van der Waals surface area (Å²) >= 11 is 0. The molecule has 2 aliphatic heterocycles. The highest BCUT2D eigenvalue weighted by Crippen LogP contribution is 2.42. The van der Waals surface area contributed by atoms with Gasteiger partial charge in [0.25, 0.3) is 5.56 Å². The molecule has 2 bridgehead atoms. The van der Waals surface area contributed by atoms with Crippen molar-refractivity contribution < 1.29 is 4.79 Å². The van der Waals surface area contributed by atoms with E-state index in [1.807, 2.05) is 20.0 Å². The minimum atomic E-state index is -0.559. The van der Waals surface area contributed by atoms with Crippen molar-refractivity contribution in [1.82, 2.24) is 29.6 Å². The highest BCUT2D eigenvalue weighted by Gasteiger charge is 2.44. The number of pyridine rings is 1. The van der Waals surface area contributed by atoms with E-state index in [1.165, 1.54) is 6.07 Å². The van der Waals surface area contributed by atoms with Gasteiger partial charge in [0.2, 0.25) is 5.91 Å². The maximum Gasteiger partial charge on any atom is 0.251 e. The first-order chi connectivity index (χ1) is 15.0. The Bertz CT molecular complexity index is 1170. The molecule has 0 saturated carbocycles. The van der Waals surface area contributed by atoms with Gasteiger partial charge in [-0.1, -0.05) is 6.07 Å². The normalized spacial score (nSPS) is 22.1. The Morgan fingerprint density at radius 2 is 2.10 bits per heavy atom. The topological polar surface area (TPSA) is 97.9 Å². The van der Waals surface area contributed by atoms with Crippen molar-refractivity contribution >= 4 is 11.7 Å². The van der Waals surface area contributed by atoms with Gasteiger partial charge in [-0.2, -0.15) is 5.10 Å². The van der Waals surface area contributed by atoms with E-state index in [0.29, 0.717) is 13.1 Å². The Morgan fingerprint density at radius 3 is 2.84 bits per heavy atom. The number of fused-ring (bicyclic) bond motifs is 4. The first kappa shape index (κ1) is 19.5. The molecule has 9 heteroatoms. The fourth-order valence-corrected chi connectivity index (χ4v) is 4.92. The fraction of sp³-hybridized carbons (Fsp3) is 0.409.